The van der Waals surface area contributed by atoms with Crippen LogP contribution in [0.5, 0.6) is 0 Å². The van der Waals surface area contributed by atoms with Crippen molar-refractivity contribution in [3.63, 3.8) is 0 Å². The number of amides is 1. The lowest BCUT2D eigenvalue weighted by molar-refractivity contribution is 0.0452. The highest BCUT2D eigenvalue weighted by Gasteiger charge is 2.30. The quantitative estimate of drug-likeness (QED) is 0.742. The minimum absolute atomic E-state index is 0.189. The fraction of sp³-hybridized carbons (Fsp3) is 0.923. The van der Waals surface area contributed by atoms with Gasteiger partial charge in [-0.1, -0.05) is 0 Å². The van der Waals surface area contributed by atoms with Crippen LogP contribution in [0.3, 0.4) is 0 Å². The second kappa shape index (κ2) is 5.45. The molecule has 0 saturated carbocycles. The van der Waals surface area contributed by atoms with Gasteiger partial charge in [0.1, 0.15) is 5.60 Å². The van der Waals surface area contributed by atoms with Gasteiger partial charge in [0, 0.05) is 18.6 Å². The zero-order chi connectivity index (χ0) is 13.2. The maximum absolute atomic E-state index is 11.8. The zero-order valence-electron chi connectivity index (χ0n) is 11.5. The van der Waals surface area contributed by atoms with Crippen molar-refractivity contribution >= 4 is 6.09 Å². The van der Waals surface area contributed by atoms with Crippen molar-refractivity contribution in [1.29, 1.82) is 0 Å². The molecule has 2 aliphatic rings. The van der Waals surface area contributed by atoms with Gasteiger partial charge in [0.15, 0.2) is 0 Å². The van der Waals surface area contributed by atoms with E-state index in [0.29, 0.717) is 12.0 Å². The van der Waals surface area contributed by atoms with Crippen molar-refractivity contribution < 1.29 is 14.3 Å². The van der Waals surface area contributed by atoms with Crippen LogP contribution in [0.4, 0.5) is 4.79 Å². The van der Waals surface area contributed by atoms with Crippen LogP contribution in [-0.4, -0.2) is 43.5 Å². The number of alkyl carbamates (subject to hydrolysis) is 1. The molecule has 2 rings (SSSR count). The van der Waals surface area contributed by atoms with E-state index in [1.54, 1.807) is 0 Å². The highest BCUT2D eigenvalue weighted by Crippen LogP contribution is 2.20. The Labute approximate surface area is 109 Å². The molecule has 2 bridgehead atoms. The Bertz CT molecular complexity index is 287. The van der Waals surface area contributed by atoms with Crippen molar-refractivity contribution in [2.45, 2.75) is 51.3 Å². The summed E-state index contributed by atoms with van der Waals surface area (Å²) in [4.78, 5) is 11.8. The third-order valence-corrected chi connectivity index (χ3v) is 3.28. The van der Waals surface area contributed by atoms with Crippen molar-refractivity contribution in [1.82, 2.24) is 10.6 Å². The lowest BCUT2D eigenvalue weighted by Gasteiger charge is -2.27. The van der Waals surface area contributed by atoms with E-state index in [1.807, 2.05) is 20.8 Å². The predicted molar refractivity (Wildman–Crippen MR) is 68.5 cm³/mol. The smallest absolute Gasteiger partial charge is 0.407 e. The molecular weight excluding hydrogens is 232 g/mol. The van der Waals surface area contributed by atoms with E-state index < -0.39 is 5.60 Å². The number of nitrogens with one attached hydrogen (secondary N) is 2. The zero-order valence-corrected chi connectivity index (χ0v) is 11.5. The van der Waals surface area contributed by atoms with Gasteiger partial charge in [-0.25, -0.2) is 4.79 Å². The minimum Gasteiger partial charge on any atom is -0.444 e. The van der Waals surface area contributed by atoms with Crippen LogP contribution in [0.15, 0.2) is 0 Å². The Hall–Kier alpha value is -0.810. The molecule has 5 nitrogen and oxygen atoms in total. The first-order valence-electron chi connectivity index (χ1n) is 6.73. The lowest BCUT2D eigenvalue weighted by Crippen LogP contribution is -2.43. The normalized spacial score (nSPS) is 32.5. The van der Waals surface area contributed by atoms with Crippen LogP contribution in [0, 0.1) is 5.92 Å². The fourth-order valence-corrected chi connectivity index (χ4v) is 2.57. The predicted octanol–water partition coefficient (Wildman–Crippen LogP) is 1.28. The third-order valence-electron chi connectivity index (χ3n) is 3.28. The molecule has 18 heavy (non-hydrogen) atoms. The summed E-state index contributed by atoms with van der Waals surface area (Å²) in [6.45, 7) is 8.15. The molecule has 2 N–H and O–H groups in total. The van der Waals surface area contributed by atoms with Crippen molar-refractivity contribution in [3.8, 4) is 0 Å². The minimum atomic E-state index is -0.438. The standard InChI is InChI=1S/C13H24N2O3/c1-13(2,3)18-12(16)15-10-4-9-6-14-11(5-10)8-17-7-9/h9-11,14H,4-8H2,1-3H3,(H,15,16)/t9-,10+,11?/m0/s1. The highest BCUT2D eigenvalue weighted by atomic mass is 16.6. The molecule has 2 aliphatic heterocycles. The second-order valence-electron chi connectivity index (χ2n) is 6.32. The monoisotopic (exact) mass is 256 g/mol. The van der Waals surface area contributed by atoms with Gasteiger partial charge in [0.2, 0.25) is 0 Å². The van der Waals surface area contributed by atoms with Crippen LogP contribution in [0.25, 0.3) is 0 Å². The van der Waals surface area contributed by atoms with E-state index in [1.165, 1.54) is 0 Å². The SMILES string of the molecule is CC(C)(C)OC(=O)N[C@H]1CC2COC[C@H](CN2)C1. The summed E-state index contributed by atoms with van der Waals surface area (Å²) in [7, 11) is 0. The van der Waals surface area contributed by atoms with Gasteiger partial charge in [0.25, 0.3) is 0 Å². The summed E-state index contributed by atoms with van der Waals surface area (Å²) >= 11 is 0. The molecule has 1 amide bonds. The first-order valence-corrected chi connectivity index (χ1v) is 6.73. The molecule has 0 aliphatic carbocycles. The molecule has 0 aromatic heterocycles. The molecule has 104 valence electrons. The Morgan fingerprint density at radius 2 is 2.11 bits per heavy atom. The van der Waals surface area contributed by atoms with Gasteiger partial charge in [-0.2, -0.15) is 0 Å². The molecule has 2 fully saturated rings. The maximum atomic E-state index is 11.8. The van der Waals surface area contributed by atoms with Gasteiger partial charge in [-0.15, -0.1) is 0 Å². The van der Waals surface area contributed by atoms with Gasteiger partial charge >= 0.3 is 6.09 Å². The Balaban J connectivity index is 1.87. The van der Waals surface area contributed by atoms with Crippen LogP contribution < -0.4 is 10.6 Å². The fourth-order valence-electron chi connectivity index (χ4n) is 2.57. The average Bonchev–Trinajstić information content (AvgIpc) is 2.47. The van der Waals surface area contributed by atoms with Crippen LogP contribution >= 0.6 is 0 Å². The number of hydrogen-bond donors (Lipinski definition) is 2. The Morgan fingerprint density at radius 3 is 2.83 bits per heavy atom. The van der Waals surface area contributed by atoms with Crippen LogP contribution in [0.1, 0.15) is 33.6 Å². The summed E-state index contributed by atoms with van der Waals surface area (Å²) in [5.41, 5.74) is -0.438. The molecule has 0 aromatic carbocycles. The molecular formula is C13H24N2O3. The average molecular weight is 256 g/mol. The molecule has 0 aromatic rings. The molecule has 0 spiro atoms. The summed E-state index contributed by atoms with van der Waals surface area (Å²) < 4.78 is 10.9. The molecule has 1 unspecified atom stereocenters. The van der Waals surface area contributed by atoms with E-state index >= 15 is 0 Å². The number of carbonyl (C=O) groups excluding carboxylic acids is 1. The summed E-state index contributed by atoms with van der Waals surface area (Å²) in [6, 6.07) is 0.534. The van der Waals surface area contributed by atoms with Gasteiger partial charge in [-0.05, 0) is 39.5 Å². The van der Waals surface area contributed by atoms with E-state index in [4.69, 9.17) is 9.47 Å². The molecule has 0 radical (unpaired) electrons. The maximum Gasteiger partial charge on any atom is 0.407 e. The van der Waals surface area contributed by atoms with Crippen molar-refractivity contribution in [3.05, 3.63) is 0 Å². The number of rotatable bonds is 1. The summed E-state index contributed by atoms with van der Waals surface area (Å²) in [5, 5.41) is 6.47. The Kier molecular flexibility index (Phi) is 4.12. The van der Waals surface area contributed by atoms with Gasteiger partial charge in [0.05, 0.1) is 13.2 Å². The number of carbonyl (C=O) groups is 1. The third kappa shape index (κ3) is 4.14. The Morgan fingerprint density at radius 1 is 1.33 bits per heavy atom. The highest BCUT2D eigenvalue weighted by molar-refractivity contribution is 5.68. The first-order chi connectivity index (χ1) is 8.42. The number of fused-ring (bicyclic) bond motifs is 3. The summed E-state index contributed by atoms with van der Waals surface area (Å²) in [5.74, 6) is 0.484. The number of hydrogen-bond acceptors (Lipinski definition) is 4. The van der Waals surface area contributed by atoms with E-state index in [-0.39, 0.29) is 12.1 Å². The molecule has 3 atom stereocenters. The van der Waals surface area contributed by atoms with Crippen LogP contribution in [-0.2, 0) is 9.47 Å². The van der Waals surface area contributed by atoms with Gasteiger partial charge < -0.3 is 20.1 Å². The largest absolute Gasteiger partial charge is 0.444 e. The second-order valence-corrected chi connectivity index (χ2v) is 6.32. The molecule has 2 heterocycles. The number of ether oxygens (including phenoxy) is 2. The van der Waals surface area contributed by atoms with Crippen molar-refractivity contribution in [2.24, 2.45) is 5.92 Å². The topological polar surface area (TPSA) is 59.6 Å². The molecule has 2 saturated heterocycles. The van der Waals surface area contributed by atoms with Crippen LogP contribution in [0.2, 0.25) is 0 Å². The van der Waals surface area contributed by atoms with E-state index in [9.17, 15) is 4.79 Å². The summed E-state index contributed by atoms with van der Waals surface area (Å²) in [6.07, 6.45) is 1.56. The van der Waals surface area contributed by atoms with Crippen molar-refractivity contribution in [2.75, 3.05) is 19.8 Å². The van der Waals surface area contributed by atoms with E-state index in [0.717, 1.165) is 32.6 Å². The van der Waals surface area contributed by atoms with E-state index in [2.05, 4.69) is 10.6 Å². The van der Waals surface area contributed by atoms with Gasteiger partial charge in [-0.3, -0.25) is 0 Å². The molecule has 5 heteroatoms. The lowest BCUT2D eigenvalue weighted by atomic mass is 9.98. The first kappa shape index (κ1) is 13.6.